The first-order valence-corrected chi connectivity index (χ1v) is 1.62. The van der Waals surface area contributed by atoms with Crippen molar-refractivity contribution in [3.63, 3.8) is 0 Å². The number of carbonyl (C=O) groups is 1. The van der Waals surface area contributed by atoms with Crippen LogP contribution in [0, 0.1) is 0 Å². The van der Waals surface area contributed by atoms with E-state index in [2.05, 4.69) is 0 Å². The van der Waals surface area contributed by atoms with E-state index in [1.807, 2.05) is 0 Å². The highest BCUT2D eigenvalue weighted by molar-refractivity contribution is 5.75. The topological polar surface area (TPSA) is 77.8 Å². The molecule has 5 heteroatoms. The smallest absolute Gasteiger partial charge is 0.363 e. The predicted octanol–water partition coefficient (Wildman–Crippen LogP) is -2.41. The van der Waals surface area contributed by atoms with Crippen LogP contribution in [0.25, 0.3) is 0 Å². The lowest BCUT2D eigenvalue weighted by Gasteiger charge is -2.06. The van der Waals surface area contributed by atoms with Gasteiger partial charge in [0.1, 0.15) is 0 Å². The van der Waals surface area contributed by atoms with Crippen molar-refractivity contribution in [2.24, 2.45) is 0 Å². The van der Waals surface area contributed by atoms with Gasteiger partial charge in [-0.1, -0.05) is 0 Å². The normalized spacial score (nSPS) is 9.88. The van der Waals surface area contributed by atoms with E-state index in [-0.39, 0.29) is 17.4 Å². The Morgan fingerprint density at radius 1 is 1.50 bits per heavy atom. The highest BCUT2D eigenvalue weighted by atomic mass is 27.0. The van der Waals surface area contributed by atoms with Crippen LogP contribution in [0.15, 0.2) is 0 Å². The number of hydrogen-bond donors (Lipinski definition) is 3. The van der Waals surface area contributed by atoms with Gasteiger partial charge in [0.15, 0.2) is 17.4 Å². The molecular formula is C3H9AlO4. The molecule has 0 heterocycles. The minimum absolute atomic E-state index is 0. The zero-order valence-corrected chi connectivity index (χ0v) is 3.75. The van der Waals surface area contributed by atoms with E-state index in [1.54, 1.807) is 0 Å². The molecule has 0 aliphatic rings. The molecule has 8 heavy (non-hydrogen) atoms. The van der Waals surface area contributed by atoms with Gasteiger partial charge in [-0.05, 0) is 0 Å². The summed E-state index contributed by atoms with van der Waals surface area (Å²) in [5, 5.41) is 23.9. The molecule has 0 radical (unpaired) electrons. The number of carboxylic acids is 1. The highest BCUT2D eigenvalue weighted by Gasteiger charge is 2.24. The lowest BCUT2D eigenvalue weighted by Crippen LogP contribution is -2.33. The lowest BCUT2D eigenvalue weighted by atomic mass is 10.3. The van der Waals surface area contributed by atoms with Crippen LogP contribution in [0.4, 0.5) is 0 Å². The molecule has 0 aromatic rings. The first-order valence-electron chi connectivity index (χ1n) is 1.62. The Morgan fingerprint density at radius 2 is 1.62 bits per heavy atom. The second-order valence-corrected chi connectivity index (χ2v) is 1.33. The van der Waals surface area contributed by atoms with Gasteiger partial charge in [-0.25, -0.2) is 4.79 Å². The van der Waals surface area contributed by atoms with Crippen molar-refractivity contribution >= 4 is 23.3 Å². The predicted molar refractivity (Wildman–Crippen MR) is 30.4 cm³/mol. The summed E-state index contributed by atoms with van der Waals surface area (Å²) in [6.07, 6.45) is 0. The molecule has 0 fully saturated rings. The van der Waals surface area contributed by atoms with Gasteiger partial charge in [-0.3, -0.25) is 0 Å². The molecule has 0 saturated carbocycles. The van der Waals surface area contributed by atoms with E-state index >= 15 is 0 Å². The fourth-order valence-electron chi connectivity index (χ4n) is 0. The summed E-state index contributed by atoms with van der Waals surface area (Å²) in [5.74, 6) is -4.23. The van der Waals surface area contributed by atoms with Crippen LogP contribution in [0.3, 0.4) is 0 Å². The summed E-state index contributed by atoms with van der Waals surface area (Å²) in [6.45, 7) is 0.773. The SMILES string of the molecule is CC(O)(O)C(=O)O.[AlH3]. The fraction of sp³-hybridized carbons (Fsp3) is 0.667. The molecular weight excluding hydrogens is 127 g/mol. The molecule has 0 spiro atoms. The minimum atomic E-state index is -2.58. The van der Waals surface area contributed by atoms with Crippen LogP contribution in [0.5, 0.6) is 0 Å². The summed E-state index contributed by atoms with van der Waals surface area (Å²) in [4.78, 5) is 9.52. The van der Waals surface area contributed by atoms with Crippen molar-refractivity contribution in [2.45, 2.75) is 12.7 Å². The maximum Gasteiger partial charge on any atom is 0.363 e. The quantitative estimate of drug-likeness (QED) is 0.277. The standard InChI is InChI=1S/C3H6O4.Al.3H/c1-3(6,7)2(4)5;;;;/h6-7H,1H3,(H,4,5);;;;. The van der Waals surface area contributed by atoms with Crippen molar-refractivity contribution in [3.8, 4) is 0 Å². The van der Waals surface area contributed by atoms with Crippen molar-refractivity contribution in [3.05, 3.63) is 0 Å². The molecule has 48 valence electrons. The molecule has 0 atom stereocenters. The zero-order chi connectivity index (χ0) is 6.08. The largest absolute Gasteiger partial charge is 0.477 e. The van der Waals surface area contributed by atoms with Crippen LogP contribution in [-0.4, -0.2) is 44.4 Å². The molecule has 0 aliphatic heterocycles. The first kappa shape index (κ1) is 10.8. The van der Waals surface area contributed by atoms with E-state index in [0.29, 0.717) is 0 Å². The Morgan fingerprint density at radius 3 is 1.62 bits per heavy atom. The lowest BCUT2D eigenvalue weighted by molar-refractivity contribution is -0.196. The average Bonchev–Trinajstić information content (AvgIpc) is 1.31. The Balaban J connectivity index is 0. The van der Waals surface area contributed by atoms with Gasteiger partial charge in [-0.15, -0.1) is 0 Å². The molecule has 4 nitrogen and oxygen atoms in total. The van der Waals surface area contributed by atoms with Gasteiger partial charge < -0.3 is 15.3 Å². The van der Waals surface area contributed by atoms with Gasteiger partial charge in [-0.2, -0.15) is 0 Å². The maximum atomic E-state index is 9.52. The van der Waals surface area contributed by atoms with Gasteiger partial charge in [0.05, 0.1) is 0 Å². The second-order valence-electron chi connectivity index (χ2n) is 1.33. The number of aliphatic carboxylic acids is 1. The van der Waals surface area contributed by atoms with Crippen LogP contribution in [0.1, 0.15) is 6.92 Å². The Hall–Kier alpha value is -0.0775. The number of hydrogen-bond acceptors (Lipinski definition) is 3. The van der Waals surface area contributed by atoms with Crippen molar-refractivity contribution in [1.29, 1.82) is 0 Å². The van der Waals surface area contributed by atoms with Gasteiger partial charge in [0.2, 0.25) is 0 Å². The van der Waals surface area contributed by atoms with Crippen molar-refractivity contribution in [1.82, 2.24) is 0 Å². The summed E-state index contributed by atoms with van der Waals surface area (Å²) in [7, 11) is 0. The third kappa shape index (κ3) is 4.09. The van der Waals surface area contributed by atoms with Gasteiger partial charge in [0, 0.05) is 6.92 Å². The molecule has 0 aromatic carbocycles. The van der Waals surface area contributed by atoms with E-state index in [1.165, 1.54) is 0 Å². The van der Waals surface area contributed by atoms with Gasteiger partial charge in [0.25, 0.3) is 5.79 Å². The zero-order valence-electron chi connectivity index (χ0n) is 3.75. The number of rotatable bonds is 1. The summed E-state index contributed by atoms with van der Waals surface area (Å²) in [5.41, 5.74) is 0. The Kier molecular flexibility index (Phi) is 4.13. The first-order chi connectivity index (χ1) is 2.94. The summed E-state index contributed by atoms with van der Waals surface area (Å²) >= 11 is 0. The summed E-state index contributed by atoms with van der Waals surface area (Å²) < 4.78 is 0. The van der Waals surface area contributed by atoms with Crippen molar-refractivity contribution in [2.75, 3.05) is 0 Å². The molecule has 3 N–H and O–H groups in total. The average molecular weight is 136 g/mol. The van der Waals surface area contributed by atoms with Crippen LogP contribution >= 0.6 is 0 Å². The third-order valence-corrected chi connectivity index (χ3v) is 0.405. The van der Waals surface area contributed by atoms with Crippen LogP contribution < -0.4 is 0 Å². The second kappa shape index (κ2) is 3.05. The molecule has 0 amide bonds. The number of aliphatic hydroxyl groups is 2. The fourth-order valence-corrected chi connectivity index (χ4v) is 0. The molecule has 0 rings (SSSR count). The van der Waals surface area contributed by atoms with Gasteiger partial charge >= 0.3 is 5.97 Å². The molecule has 0 aromatic heterocycles. The third-order valence-electron chi connectivity index (χ3n) is 0.405. The summed E-state index contributed by atoms with van der Waals surface area (Å²) in [6, 6.07) is 0. The number of carboxylic acid groups (broad SMARTS) is 1. The molecule has 0 saturated heterocycles. The van der Waals surface area contributed by atoms with E-state index in [4.69, 9.17) is 15.3 Å². The van der Waals surface area contributed by atoms with Crippen LogP contribution in [0.2, 0.25) is 0 Å². The Bertz CT molecular complexity index is 83.8. The maximum absolute atomic E-state index is 9.52. The van der Waals surface area contributed by atoms with E-state index in [0.717, 1.165) is 6.92 Å². The molecule has 0 bridgehead atoms. The Labute approximate surface area is 56.9 Å². The van der Waals surface area contributed by atoms with E-state index < -0.39 is 11.8 Å². The van der Waals surface area contributed by atoms with Crippen molar-refractivity contribution < 1.29 is 20.1 Å². The monoisotopic (exact) mass is 136 g/mol. The molecule has 0 unspecified atom stereocenters. The van der Waals surface area contributed by atoms with E-state index in [9.17, 15) is 4.79 Å². The molecule has 0 aliphatic carbocycles. The highest BCUT2D eigenvalue weighted by Crippen LogP contribution is 1.93. The minimum Gasteiger partial charge on any atom is -0.477 e. The van der Waals surface area contributed by atoms with Crippen LogP contribution in [-0.2, 0) is 4.79 Å².